The number of carbonyl (C=O) groups is 3. The number of rotatable bonds is 11. The van der Waals surface area contributed by atoms with Gasteiger partial charge in [-0.15, -0.1) is 0 Å². The SMILES string of the molecule is COC(=O)[C@H](Cc1ccccc1)NC(=O)Nc1ccc([C@@H]2O[C@H](CN3CCC[C@H]3C(=O)OC(C)(C)C)[C@H](C)[C@H](c3ccc(CO)cc3)O2)cc1. The quantitative estimate of drug-likeness (QED) is 0.218. The van der Waals surface area contributed by atoms with Crippen LogP contribution in [-0.4, -0.2) is 72.0 Å². The summed E-state index contributed by atoms with van der Waals surface area (Å²) in [4.78, 5) is 40.6. The molecule has 0 aliphatic carbocycles. The number of benzene rings is 3. The molecule has 6 atom stereocenters. The number of carbonyl (C=O) groups excluding carboxylic acids is 3. The molecule has 5 rings (SSSR count). The molecule has 0 saturated carbocycles. The zero-order chi connectivity index (χ0) is 35.8. The number of nitrogens with one attached hydrogen (secondary N) is 2. The summed E-state index contributed by atoms with van der Waals surface area (Å²) in [5, 5.41) is 15.1. The van der Waals surface area contributed by atoms with Gasteiger partial charge in [0, 0.05) is 30.1 Å². The second-order valence-corrected chi connectivity index (χ2v) is 14.0. The predicted molar refractivity (Wildman–Crippen MR) is 188 cm³/mol. The van der Waals surface area contributed by atoms with Crippen LogP contribution in [0.3, 0.4) is 0 Å². The van der Waals surface area contributed by atoms with Gasteiger partial charge in [-0.2, -0.15) is 0 Å². The molecule has 0 spiro atoms. The van der Waals surface area contributed by atoms with Gasteiger partial charge in [-0.25, -0.2) is 9.59 Å². The molecule has 3 aromatic carbocycles. The van der Waals surface area contributed by atoms with Gasteiger partial charge < -0.3 is 34.7 Å². The summed E-state index contributed by atoms with van der Waals surface area (Å²) in [6, 6.07) is 22.5. The van der Waals surface area contributed by atoms with Crippen LogP contribution in [0.2, 0.25) is 0 Å². The Hall–Kier alpha value is -4.29. The summed E-state index contributed by atoms with van der Waals surface area (Å²) in [5.41, 5.74) is 3.36. The fourth-order valence-corrected chi connectivity index (χ4v) is 6.47. The maximum atomic E-state index is 13.1. The van der Waals surface area contributed by atoms with Crippen molar-refractivity contribution >= 4 is 23.7 Å². The number of aliphatic hydroxyl groups is 1. The molecule has 2 aliphatic heterocycles. The van der Waals surface area contributed by atoms with Crippen LogP contribution < -0.4 is 10.6 Å². The van der Waals surface area contributed by atoms with E-state index in [2.05, 4.69) is 22.5 Å². The Bertz CT molecular complexity index is 1580. The Balaban J connectivity index is 1.30. The zero-order valence-electron chi connectivity index (χ0n) is 29.5. The lowest BCUT2D eigenvalue weighted by atomic mass is 9.90. The number of urea groups is 1. The summed E-state index contributed by atoms with van der Waals surface area (Å²) in [5.74, 6) is -0.816. The molecule has 268 valence electrons. The molecular weight excluding hydrogens is 638 g/mol. The van der Waals surface area contributed by atoms with Gasteiger partial charge in [0.2, 0.25) is 0 Å². The maximum Gasteiger partial charge on any atom is 0.328 e. The molecule has 0 aromatic heterocycles. The summed E-state index contributed by atoms with van der Waals surface area (Å²) < 4.78 is 23.9. The third kappa shape index (κ3) is 9.69. The molecule has 11 heteroatoms. The number of anilines is 1. The molecule has 2 aliphatic rings. The molecule has 0 bridgehead atoms. The van der Waals surface area contributed by atoms with E-state index < -0.39 is 29.9 Å². The Morgan fingerprint density at radius 1 is 0.940 bits per heavy atom. The number of methoxy groups -OCH3 is 1. The zero-order valence-corrected chi connectivity index (χ0v) is 29.5. The predicted octanol–water partition coefficient (Wildman–Crippen LogP) is 5.68. The van der Waals surface area contributed by atoms with Crippen LogP contribution in [0.4, 0.5) is 10.5 Å². The van der Waals surface area contributed by atoms with Crippen LogP contribution in [-0.2, 0) is 41.6 Å². The first-order valence-corrected chi connectivity index (χ1v) is 17.2. The largest absolute Gasteiger partial charge is 0.467 e. The highest BCUT2D eigenvalue weighted by molar-refractivity contribution is 5.92. The first-order valence-electron chi connectivity index (χ1n) is 17.2. The van der Waals surface area contributed by atoms with Crippen LogP contribution in [0.15, 0.2) is 78.9 Å². The number of hydrogen-bond acceptors (Lipinski definition) is 9. The number of esters is 2. The monoisotopic (exact) mass is 687 g/mol. The van der Waals surface area contributed by atoms with Gasteiger partial charge in [0.1, 0.15) is 17.7 Å². The molecule has 3 N–H and O–H groups in total. The van der Waals surface area contributed by atoms with Crippen LogP contribution >= 0.6 is 0 Å². The van der Waals surface area contributed by atoms with Gasteiger partial charge in [-0.05, 0) is 69.0 Å². The minimum atomic E-state index is -0.862. The maximum absolute atomic E-state index is 13.1. The van der Waals surface area contributed by atoms with Crippen LogP contribution in [0.1, 0.15) is 75.2 Å². The molecule has 11 nitrogen and oxygen atoms in total. The van der Waals surface area contributed by atoms with Crippen molar-refractivity contribution in [2.75, 3.05) is 25.5 Å². The van der Waals surface area contributed by atoms with E-state index >= 15 is 0 Å². The van der Waals surface area contributed by atoms with Crippen molar-refractivity contribution in [3.8, 4) is 0 Å². The number of hydrogen-bond donors (Lipinski definition) is 3. The second-order valence-electron chi connectivity index (χ2n) is 14.0. The fraction of sp³-hybridized carbons (Fsp3) is 0.462. The molecule has 2 amide bonds. The smallest absolute Gasteiger partial charge is 0.328 e. The van der Waals surface area contributed by atoms with E-state index in [1.54, 1.807) is 12.1 Å². The standard InChI is InChI=1S/C39H49N3O8/c1-25-33(23-42-21-9-12-32(42)36(45)50-39(2,3)4)48-37(49-34(25)28-15-13-27(24-43)14-16-28)29-17-19-30(20-18-29)40-38(46)41-31(35(44)47-5)22-26-10-7-6-8-11-26/h6-8,10-11,13-20,25,31-34,37,43H,9,12,21-24H2,1-5H3,(H2,40,41,46)/t25-,31-,32-,33+,34+,37+/m0/s1. The van der Waals surface area contributed by atoms with Gasteiger partial charge in [-0.1, -0.05) is 73.7 Å². The van der Waals surface area contributed by atoms with Gasteiger partial charge >= 0.3 is 18.0 Å². The van der Waals surface area contributed by atoms with Gasteiger partial charge in [0.15, 0.2) is 6.29 Å². The third-order valence-corrected chi connectivity index (χ3v) is 9.09. The second kappa shape index (κ2) is 16.6. The van der Waals surface area contributed by atoms with E-state index in [9.17, 15) is 19.5 Å². The Morgan fingerprint density at radius 3 is 2.26 bits per heavy atom. The topological polar surface area (TPSA) is 136 Å². The lowest BCUT2D eigenvalue weighted by molar-refractivity contribution is -0.276. The van der Waals surface area contributed by atoms with E-state index in [-0.39, 0.29) is 43.2 Å². The summed E-state index contributed by atoms with van der Waals surface area (Å²) in [6.07, 6.45) is 0.594. The lowest BCUT2D eigenvalue weighted by Crippen LogP contribution is -2.48. The summed E-state index contributed by atoms with van der Waals surface area (Å²) >= 11 is 0. The van der Waals surface area contributed by atoms with E-state index in [1.807, 2.05) is 87.5 Å². The van der Waals surface area contributed by atoms with Crippen molar-refractivity contribution in [3.63, 3.8) is 0 Å². The molecule has 3 aromatic rings. The van der Waals surface area contributed by atoms with Crippen molar-refractivity contribution in [2.24, 2.45) is 5.92 Å². The number of likely N-dealkylation sites (tertiary alicyclic amines) is 1. The van der Waals surface area contributed by atoms with E-state index in [0.717, 1.165) is 41.6 Å². The highest BCUT2D eigenvalue weighted by Gasteiger charge is 2.42. The molecule has 2 heterocycles. The Morgan fingerprint density at radius 2 is 1.62 bits per heavy atom. The Labute approximate surface area is 294 Å². The normalized spacial score (nSPS) is 23.1. The van der Waals surface area contributed by atoms with E-state index in [1.165, 1.54) is 7.11 Å². The lowest BCUT2D eigenvalue weighted by Gasteiger charge is -2.43. The van der Waals surface area contributed by atoms with Gasteiger partial charge in [-0.3, -0.25) is 9.69 Å². The summed E-state index contributed by atoms with van der Waals surface area (Å²) in [6.45, 7) is 8.97. The van der Waals surface area contributed by atoms with Crippen molar-refractivity contribution < 1.29 is 38.4 Å². The average molecular weight is 688 g/mol. The first kappa shape index (κ1) is 37.0. The number of aliphatic hydroxyl groups excluding tert-OH is 1. The third-order valence-electron chi connectivity index (χ3n) is 9.09. The fourth-order valence-electron chi connectivity index (χ4n) is 6.47. The van der Waals surface area contributed by atoms with Crippen molar-refractivity contribution in [3.05, 3.63) is 101 Å². The van der Waals surface area contributed by atoms with E-state index in [0.29, 0.717) is 12.2 Å². The van der Waals surface area contributed by atoms with Crippen molar-refractivity contribution in [1.82, 2.24) is 10.2 Å². The molecular formula is C39H49N3O8. The van der Waals surface area contributed by atoms with E-state index in [4.69, 9.17) is 18.9 Å². The first-order chi connectivity index (χ1) is 23.9. The summed E-state index contributed by atoms with van der Waals surface area (Å²) in [7, 11) is 1.29. The highest BCUT2D eigenvalue weighted by Crippen LogP contribution is 2.42. The molecule has 50 heavy (non-hydrogen) atoms. The number of ether oxygens (including phenoxy) is 4. The highest BCUT2D eigenvalue weighted by atomic mass is 16.7. The Kier molecular flexibility index (Phi) is 12.3. The minimum Gasteiger partial charge on any atom is -0.467 e. The van der Waals surface area contributed by atoms with Crippen LogP contribution in [0.5, 0.6) is 0 Å². The molecule has 2 saturated heterocycles. The number of amides is 2. The van der Waals surface area contributed by atoms with Crippen LogP contribution in [0.25, 0.3) is 0 Å². The van der Waals surface area contributed by atoms with Crippen molar-refractivity contribution in [1.29, 1.82) is 0 Å². The van der Waals surface area contributed by atoms with Crippen molar-refractivity contribution in [2.45, 2.75) is 89.7 Å². The molecule has 2 fully saturated rings. The minimum absolute atomic E-state index is 0.0501. The van der Waals surface area contributed by atoms with Gasteiger partial charge in [0.05, 0.1) is 25.9 Å². The van der Waals surface area contributed by atoms with Gasteiger partial charge in [0.25, 0.3) is 0 Å². The van der Waals surface area contributed by atoms with Crippen LogP contribution in [0, 0.1) is 5.92 Å². The average Bonchev–Trinajstić information content (AvgIpc) is 3.57. The molecule has 0 radical (unpaired) electrons. The molecule has 0 unspecified atom stereocenters. The number of nitrogens with zero attached hydrogens (tertiary/aromatic N) is 1.